The fourth-order valence-corrected chi connectivity index (χ4v) is 4.26. The van der Waals surface area contributed by atoms with Crippen LogP contribution in [0.4, 0.5) is 11.6 Å². The second kappa shape index (κ2) is 12.9. The van der Waals surface area contributed by atoms with Crippen LogP contribution in [0.15, 0.2) is 102 Å². The number of fused-ring (bicyclic) bond motifs is 1. The topological polar surface area (TPSA) is 134 Å². The summed E-state index contributed by atoms with van der Waals surface area (Å²) < 4.78 is 3.18. The molecule has 0 fully saturated rings. The third-order valence-corrected chi connectivity index (χ3v) is 6.11. The van der Waals surface area contributed by atoms with Gasteiger partial charge in [0.25, 0.3) is 11.5 Å². The number of aliphatic imine (C=N–C) groups is 1. The standard InChI is InChI=1S/C24H18N2O.C8H11N5O/c1-2-21-17-20-8-6-7-19(12-11-18-13-15-25-16-14-18)23(20)24(27)26(21)22-9-4-3-5-10-22;1-3-4-11-8-5(7(10)14)6(9)12-13(8)2/h3-10,13-17H,2H2,1H3;3-4H,1H2,2H3,(H2,9,12)(H2,10,14)/b;11-4-. The number of nitrogens with zero attached hydrogens (tertiary/aromatic N) is 5. The van der Waals surface area contributed by atoms with Gasteiger partial charge in [-0.05, 0) is 48.2 Å². The van der Waals surface area contributed by atoms with Crippen molar-refractivity contribution in [1.82, 2.24) is 19.3 Å². The zero-order chi connectivity index (χ0) is 29.4. The van der Waals surface area contributed by atoms with E-state index >= 15 is 0 Å². The molecule has 4 N–H and O–H groups in total. The number of hydrogen-bond acceptors (Lipinski definition) is 6. The lowest BCUT2D eigenvalue weighted by Crippen LogP contribution is -2.22. The molecule has 0 bridgehead atoms. The fraction of sp³-hybridized carbons (Fsp3) is 0.0938. The zero-order valence-electron chi connectivity index (χ0n) is 22.8. The Hall–Kier alpha value is -5.75. The van der Waals surface area contributed by atoms with Gasteiger partial charge in [0.2, 0.25) is 0 Å². The molecule has 0 radical (unpaired) electrons. The normalized spacial score (nSPS) is 10.5. The number of aryl methyl sites for hydroxylation is 2. The summed E-state index contributed by atoms with van der Waals surface area (Å²) in [5.41, 5.74) is 14.2. The molecule has 41 heavy (non-hydrogen) atoms. The molecule has 0 saturated heterocycles. The van der Waals surface area contributed by atoms with Crippen LogP contribution in [0.2, 0.25) is 0 Å². The molecule has 0 atom stereocenters. The maximum Gasteiger partial charge on any atom is 0.264 e. The number of carbonyl (C=O) groups is 1. The molecule has 2 aromatic carbocycles. The van der Waals surface area contributed by atoms with E-state index in [2.05, 4.69) is 46.5 Å². The number of benzene rings is 2. The number of hydrogen-bond donors (Lipinski definition) is 2. The Morgan fingerprint density at radius 3 is 2.46 bits per heavy atom. The summed E-state index contributed by atoms with van der Waals surface area (Å²) in [7, 11) is 1.62. The highest BCUT2D eigenvalue weighted by molar-refractivity contribution is 6.02. The van der Waals surface area contributed by atoms with Crippen LogP contribution >= 0.6 is 0 Å². The first-order valence-corrected chi connectivity index (χ1v) is 12.8. The van der Waals surface area contributed by atoms with Crippen molar-refractivity contribution in [3.63, 3.8) is 0 Å². The lowest BCUT2D eigenvalue weighted by atomic mass is 10.0. The van der Waals surface area contributed by atoms with Gasteiger partial charge >= 0.3 is 0 Å². The SMILES string of the molecule is C=C/C=N\c1c(C(N)=O)c(N)nn1C.CCc1cc2cccc(C#Cc3ccncc3)c2c(=O)n1-c1ccccc1. The van der Waals surface area contributed by atoms with Crippen LogP contribution in [0, 0.1) is 11.8 Å². The van der Waals surface area contributed by atoms with E-state index in [9.17, 15) is 9.59 Å². The largest absolute Gasteiger partial charge is 0.381 e. The second-order valence-electron chi connectivity index (χ2n) is 8.81. The Morgan fingerprint density at radius 2 is 1.80 bits per heavy atom. The summed E-state index contributed by atoms with van der Waals surface area (Å²) in [4.78, 5) is 32.4. The van der Waals surface area contributed by atoms with Crippen molar-refractivity contribution in [1.29, 1.82) is 0 Å². The number of aromatic nitrogens is 4. The number of allylic oxidation sites excluding steroid dienone is 1. The molecule has 204 valence electrons. The van der Waals surface area contributed by atoms with E-state index in [1.54, 1.807) is 24.0 Å². The maximum absolute atomic E-state index is 13.4. The molecule has 0 saturated carbocycles. The number of amides is 1. The quantitative estimate of drug-likeness (QED) is 0.251. The van der Waals surface area contributed by atoms with Gasteiger partial charge in [-0.25, -0.2) is 9.67 Å². The van der Waals surface area contributed by atoms with E-state index < -0.39 is 5.91 Å². The molecule has 0 aliphatic carbocycles. The van der Waals surface area contributed by atoms with Crippen LogP contribution in [0.3, 0.4) is 0 Å². The van der Waals surface area contributed by atoms with Gasteiger partial charge in [-0.3, -0.25) is 19.1 Å². The Morgan fingerprint density at radius 1 is 1.07 bits per heavy atom. The van der Waals surface area contributed by atoms with Gasteiger partial charge in [0.1, 0.15) is 5.56 Å². The molecule has 5 aromatic rings. The fourth-order valence-electron chi connectivity index (χ4n) is 4.26. The number of rotatable bonds is 5. The molecule has 3 aromatic heterocycles. The molecule has 9 heteroatoms. The number of pyridine rings is 2. The predicted octanol–water partition coefficient (Wildman–Crippen LogP) is 4.34. The lowest BCUT2D eigenvalue weighted by Gasteiger charge is -2.14. The Bertz CT molecular complexity index is 1860. The highest BCUT2D eigenvalue weighted by Crippen LogP contribution is 2.23. The van der Waals surface area contributed by atoms with Crippen molar-refractivity contribution >= 4 is 34.5 Å². The molecule has 0 spiro atoms. The molecule has 3 heterocycles. The van der Waals surface area contributed by atoms with Crippen molar-refractivity contribution < 1.29 is 4.79 Å². The van der Waals surface area contributed by atoms with Crippen LogP contribution in [-0.4, -0.2) is 31.5 Å². The molecule has 0 aliphatic heterocycles. The predicted molar refractivity (Wildman–Crippen MR) is 164 cm³/mol. The van der Waals surface area contributed by atoms with Gasteiger partial charge < -0.3 is 11.5 Å². The van der Waals surface area contributed by atoms with Crippen LogP contribution in [0.1, 0.15) is 34.1 Å². The summed E-state index contributed by atoms with van der Waals surface area (Å²) in [5, 5.41) is 5.41. The van der Waals surface area contributed by atoms with Gasteiger partial charge in [0.15, 0.2) is 11.6 Å². The Kier molecular flexibility index (Phi) is 8.87. The Labute approximate surface area is 237 Å². The number of primary amides is 1. The summed E-state index contributed by atoms with van der Waals surface area (Å²) in [5.74, 6) is 6.06. The van der Waals surface area contributed by atoms with Crippen molar-refractivity contribution in [2.24, 2.45) is 17.8 Å². The van der Waals surface area contributed by atoms with Gasteiger partial charge in [-0.15, -0.1) is 0 Å². The number of nitrogens with two attached hydrogens (primary N) is 2. The average Bonchev–Trinajstić information content (AvgIpc) is 3.28. The molecule has 0 aliphatic rings. The van der Waals surface area contributed by atoms with Gasteiger partial charge in [-0.1, -0.05) is 61.8 Å². The van der Waals surface area contributed by atoms with E-state index in [1.165, 1.54) is 17.0 Å². The van der Waals surface area contributed by atoms with E-state index in [0.29, 0.717) is 11.2 Å². The molecule has 5 rings (SSSR count). The lowest BCUT2D eigenvalue weighted by molar-refractivity contribution is 0.100. The monoisotopic (exact) mass is 543 g/mol. The zero-order valence-corrected chi connectivity index (χ0v) is 22.8. The summed E-state index contributed by atoms with van der Waals surface area (Å²) in [6.07, 6.45) is 7.11. The van der Waals surface area contributed by atoms with Crippen molar-refractivity contribution in [3.05, 3.63) is 125 Å². The van der Waals surface area contributed by atoms with Crippen molar-refractivity contribution in [2.75, 3.05) is 5.73 Å². The average molecular weight is 544 g/mol. The smallest absolute Gasteiger partial charge is 0.264 e. The summed E-state index contributed by atoms with van der Waals surface area (Å²) in [6.45, 7) is 5.52. The first-order valence-electron chi connectivity index (χ1n) is 12.8. The summed E-state index contributed by atoms with van der Waals surface area (Å²) in [6, 6.07) is 21.4. The van der Waals surface area contributed by atoms with Crippen LogP contribution in [0.25, 0.3) is 16.5 Å². The van der Waals surface area contributed by atoms with E-state index in [-0.39, 0.29) is 16.9 Å². The molecular weight excluding hydrogens is 514 g/mol. The highest BCUT2D eigenvalue weighted by atomic mass is 16.1. The van der Waals surface area contributed by atoms with Gasteiger partial charge in [0, 0.05) is 48.2 Å². The maximum atomic E-state index is 13.4. The number of anilines is 1. The van der Waals surface area contributed by atoms with Crippen molar-refractivity contribution in [3.8, 4) is 17.5 Å². The second-order valence-corrected chi connectivity index (χ2v) is 8.81. The van der Waals surface area contributed by atoms with E-state index in [4.69, 9.17) is 11.5 Å². The van der Waals surface area contributed by atoms with Crippen LogP contribution in [0.5, 0.6) is 0 Å². The first-order chi connectivity index (χ1) is 19.8. The van der Waals surface area contributed by atoms with Gasteiger partial charge in [-0.2, -0.15) is 5.10 Å². The third-order valence-electron chi connectivity index (χ3n) is 6.11. The third kappa shape index (κ3) is 6.29. The Balaban J connectivity index is 0.000000234. The molecule has 1 amide bonds. The van der Waals surface area contributed by atoms with Crippen LogP contribution in [-0.2, 0) is 13.5 Å². The van der Waals surface area contributed by atoms with Crippen molar-refractivity contribution in [2.45, 2.75) is 13.3 Å². The van der Waals surface area contributed by atoms with E-state index in [1.807, 2.05) is 60.7 Å². The number of carbonyl (C=O) groups excluding carboxylic acids is 1. The van der Waals surface area contributed by atoms with Gasteiger partial charge in [0.05, 0.1) is 5.39 Å². The minimum atomic E-state index is -0.646. The first kappa shape index (κ1) is 28.3. The van der Waals surface area contributed by atoms with E-state index in [0.717, 1.165) is 34.3 Å². The van der Waals surface area contributed by atoms with Crippen LogP contribution < -0.4 is 17.0 Å². The molecule has 9 nitrogen and oxygen atoms in total. The highest BCUT2D eigenvalue weighted by Gasteiger charge is 2.17. The minimum Gasteiger partial charge on any atom is -0.381 e. The molecule has 0 unspecified atom stereocenters. The minimum absolute atomic E-state index is 0.0322. The molecular formula is C32H29N7O2. The number of para-hydroxylation sites is 1. The number of nitrogen functional groups attached to an aromatic ring is 1. The summed E-state index contributed by atoms with van der Waals surface area (Å²) >= 11 is 0.